The molecule has 1 amide bonds. The van der Waals surface area contributed by atoms with E-state index in [9.17, 15) is 4.79 Å². The van der Waals surface area contributed by atoms with Gasteiger partial charge in [-0.3, -0.25) is 4.79 Å². The SMILES string of the molecule is CCc1cccc2c(C(=O)N3CCC[C@H](c4noc(C)n4)C3)c[nH]c12. The van der Waals surface area contributed by atoms with E-state index in [2.05, 4.69) is 28.1 Å². The minimum Gasteiger partial charge on any atom is -0.360 e. The van der Waals surface area contributed by atoms with Gasteiger partial charge in [0.25, 0.3) is 5.91 Å². The van der Waals surface area contributed by atoms with Crippen molar-refractivity contribution < 1.29 is 9.32 Å². The average Bonchev–Trinajstić information content (AvgIpc) is 3.27. The zero-order valence-electron chi connectivity index (χ0n) is 14.6. The van der Waals surface area contributed by atoms with Gasteiger partial charge in [0, 0.05) is 43.0 Å². The number of fused-ring (bicyclic) bond motifs is 1. The molecule has 6 nitrogen and oxygen atoms in total. The van der Waals surface area contributed by atoms with Crippen LogP contribution in [0.5, 0.6) is 0 Å². The molecule has 1 fully saturated rings. The molecule has 2 aromatic heterocycles. The third-order valence-electron chi connectivity index (χ3n) is 5.03. The van der Waals surface area contributed by atoms with Gasteiger partial charge in [0.15, 0.2) is 5.82 Å². The van der Waals surface area contributed by atoms with E-state index in [4.69, 9.17) is 4.52 Å². The average molecular weight is 338 g/mol. The Morgan fingerprint density at radius 2 is 2.32 bits per heavy atom. The van der Waals surface area contributed by atoms with Crippen molar-refractivity contribution in [2.24, 2.45) is 0 Å². The number of aromatic nitrogens is 3. The Morgan fingerprint density at radius 1 is 1.44 bits per heavy atom. The van der Waals surface area contributed by atoms with Crippen LogP contribution in [0, 0.1) is 6.92 Å². The quantitative estimate of drug-likeness (QED) is 0.794. The van der Waals surface area contributed by atoms with Crippen molar-refractivity contribution in [1.82, 2.24) is 20.0 Å². The smallest absolute Gasteiger partial charge is 0.256 e. The number of carbonyl (C=O) groups excluding carboxylic acids is 1. The second-order valence-electron chi connectivity index (χ2n) is 6.66. The Balaban J connectivity index is 1.60. The molecule has 25 heavy (non-hydrogen) atoms. The summed E-state index contributed by atoms with van der Waals surface area (Å²) in [4.78, 5) is 22.6. The van der Waals surface area contributed by atoms with Crippen molar-refractivity contribution in [3.63, 3.8) is 0 Å². The number of aryl methyl sites for hydroxylation is 2. The number of rotatable bonds is 3. The fraction of sp³-hybridized carbons (Fsp3) is 0.421. The van der Waals surface area contributed by atoms with Crippen LogP contribution in [-0.2, 0) is 6.42 Å². The number of carbonyl (C=O) groups is 1. The van der Waals surface area contributed by atoms with Crippen molar-refractivity contribution in [2.75, 3.05) is 13.1 Å². The minimum atomic E-state index is 0.0735. The summed E-state index contributed by atoms with van der Waals surface area (Å²) in [7, 11) is 0. The molecule has 1 aliphatic rings. The fourth-order valence-corrected chi connectivity index (χ4v) is 3.71. The summed E-state index contributed by atoms with van der Waals surface area (Å²) in [5.41, 5.74) is 3.04. The van der Waals surface area contributed by atoms with Crippen molar-refractivity contribution in [2.45, 2.75) is 39.0 Å². The van der Waals surface area contributed by atoms with Crippen LogP contribution in [0.4, 0.5) is 0 Å². The van der Waals surface area contributed by atoms with E-state index >= 15 is 0 Å². The molecule has 0 radical (unpaired) electrons. The van der Waals surface area contributed by atoms with Crippen LogP contribution < -0.4 is 0 Å². The molecule has 4 rings (SSSR count). The largest absolute Gasteiger partial charge is 0.360 e. The van der Waals surface area contributed by atoms with E-state index in [1.165, 1.54) is 5.56 Å². The Bertz CT molecular complexity index is 911. The monoisotopic (exact) mass is 338 g/mol. The lowest BCUT2D eigenvalue weighted by Gasteiger charge is -2.31. The predicted octanol–water partition coefficient (Wildman–Crippen LogP) is 3.44. The first-order valence-electron chi connectivity index (χ1n) is 8.85. The molecule has 0 bridgehead atoms. The number of para-hydroxylation sites is 1. The number of aromatic amines is 1. The highest BCUT2D eigenvalue weighted by Gasteiger charge is 2.29. The standard InChI is InChI=1S/C19H22N4O2/c1-3-13-6-4-8-15-16(10-20-17(13)15)19(24)23-9-5-7-14(11-23)18-21-12(2)25-22-18/h4,6,8,10,14,20H,3,5,7,9,11H2,1-2H3/t14-/m0/s1. The van der Waals surface area contributed by atoms with E-state index in [-0.39, 0.29) is 11.8 Å². The molecule has 1 N–H and O–H groups in total. The lowest BCUT2D eigenvalue weighted by atomic mass is 9.96. The van der Waals surface area contributed by atoms with E-state index in [1.807, 2.05) is 23.2 Å². The summed E-state index contributed by atoms with van der Waals surface area (Å²) in [6, 6.07) is 6.14. The van der Waals surface area contributed by atoms with Crippen LogP contribution in [0.25, 0.3) is 10.9 Å². The normalized spacial score (nSPS) is 18.0. The summed E-state index contributed by atoms with van der Waals surface area (Å²) < 4.78 is 5.10. The van der Waals surface area contributed by atoms with Crippen molar-refractivity contribution in [1.29, 1.82) is 0 Å². The van der Waals surface area contributed by atoms with Crippen molar-refractivity contribution in [3.8, 4) is 0 Å². The zero-order chi connectivity index (χ0) is 17.4. The number of nitrogens with zero attached hydrogens (tertiary/aromatic N) is 3. The van der Waals surface area contributed by atoms with Gasteiger partial charge in [-0.05, 0) is 24.8 Å². The van der Waals surface area contributed by atoms with Crippen molar-refractivity contribution >= 4 is 16.8 Å². The van der Waals surface area contributed by atoms with Gasteiger partial charge in [-0.1, -0.05) is 30.3 Å². The van der Waals surface area contributed by atoms with Gasteiger partial charge in [-0.2, -0.15) is 4.98 Å². The number of benzene rings is 1. The Hall–Kier alpha value is -2.63. The number of likely N-dealkylation sites (tertiary alicyclic amines) is 1. The van der Waals surface area contributed by atoms with Crippen LogP contribution in [0.15, 0.2) is 28.9 Å². The third-order valence-corrected chi connectivity index (χ3v) is 5.03. The predicted molar refractivity (Wildman–Crippen MR) is 94.6 cm³/mol. The topological polar surface area (TPSA) is 75.0 Å². The summed E-state index contributed by atoms with van der Waals surface area (Å²) >= 11 is 0. The Morgan fingerprint density at radius 3 is 3.08 bits per heavy atom. The third kappa shape index (κ3) is 2.81. The number of hydrogen-bond donors (Lipinski definition) is 1. The maximum atomic E-state index is 13.1. The molecular weight excluding hydrogens is 316 g/mol. The second-order valence-corrected chi connectivity index (χ2v) is 6.66. The lowest BCUT2D eigenvalue weighted by molar-refractivity contribution is 0.0705. The highest BCUT2D eigenvalue weighted by molar-refractivity contribution is 6.07. The number of amides is 1. The van der Waals surface area contributed by atoms with Gasteiger partial charge >= 0.3 is 0 Å². The first kappa shape index (κ1) is 15.9. The number of H-pyrrole nitrogens is 1. The summed E-state index contributed by atoms with van der Waals surface area (Å²) in [5, 5.41) is 5.04. The van der Waals surface area contributed by atoms with Gasteiger partial charge in [-0.15, -0.1) is 0 Å². The number of hydrogen-bond acceptors (Lipinski definition) is 4. The van der Waals surface area contributed by atoms with Crippen LogP contribution in [0.1, 0.15) is 53.3 Å². The molecule has 1 saturated heterocycles. The van der Waals surface area contributed by atoms with Gasteiger partial charge < -0.3 is 14.4 Å². The first-order valence-corrected chi connectivity index (χ1v) is 8.85. The fourth-order valence-electron chi connectivity index (χ4n) is 3.71. The Labute approximate surface area is 146 Å². The summed E-state index contributed by atoms with van der Waals surface area (Å²) in [5.74, 6) is 1.50. The van der Waals surface area contributed by atoms with Crippen LogP contribution in [0.2, 0.25) is 0 Å². The molecule has 3 aromatic rings. The van der Waals surface area contributed by atoms with Crippen molar-refractivity contribution in [3.05, 3.63) is 47.2 Å². The molecule has 3 heterocycles. The maximum absolute atomic E-state index is 13.1. The zero-order valence-corrected chi connectivity index (χ0v) is 14.6. The molecule has 6 heteroatoms. The van der Waals surface area contributed by atoms with E-state index in [0.717, 1.165) is 42.3 Å². The van der Waals surface area contributed by atoms with Gasteiger partial charge in [0.2, 0.25) is 5.89 Å². The molecule has 1 atom stereocenters. The summed E-state index contributed by atoms with van der Waals surface area (Å²) in [6.45, 7) is 5.32. The highest BCUT2D eigenvalue weighted by atomic mass is 16.5. The molecule has 130 valence electrons. The molecule has 0 aliphatic carbocycles. The minimum absolute atomic E-state index is 0.0735. The van der Waals surface area contributed by atoms with Gasteiger partial charge in [0.05, 0.1) is 5.56 Å². The van der Waals surface area contributed by atoms with E-state index < -0.39 is 0 Å². The molecule has 0 spiro atoms. The molecule has 1 aromatic carbocycles. The van der Waals surface area contributed by atoms with Gasteiger partial charge in [-0.25, -0.2) is 0 Å². The number of piperidine rings is 1. The molecule has 1 aliphatic heterocycles. The first-order chi connectivity index (χ1) is 12.2. The molecule has 0 unspecified atom stereocenters. The van der Waals surface area contributed by atoms with Crippen LogP contribution in [-0.4, -0.2) is 39.0 Å². The van der Waals surface area contributed by atoms with E-state index in [0.29, 0.717) is 18.3 Å². The van der Waals surface area contributed by atoms with E-state index in [1.54, 1.807) is 6.92 Å². The second kappa shape index (κ2) is 6.35. The van der Waals surface area contributed by atoms with Gasteiger partial charge in [0.1, 0.15) is 0 Å². The summed E-state index contributed by atoms with van der Waals surface area (Å²) in [6.07, 6.45) is 4.71. The van der Waals surface area contributed by atoms with Crippen LogP contribution in [0.3, 0.4) is 0 Å². The molecule has 0 saturated carbocycles. The lowest BCUT2D eigenvalue weighted by Crippen LogP contribution is -2.39. The molecular formula is C19H22N4O2. The maximum Gasteiger partial charge on any atom is 0.256 e. The Kier molecular flexibility index (Phi) is 4.03. The van der Waals surface area contributed by atoms with Crippen LogP contribution >= 0.6 is 0 Å². The number of nitrogens with one attached hydrogen (secondary N) is 1. The highest BCUT2D eigenvalue weighted by Crippen LogP contribution is 2.28.